The summed E-state index contributed by atoms with van der Waals surface area (Å²) in [6.45, 7) is 15.1. The summed E-state index contributed by atoms with van der Waals surface area (Å²) in [5, 5.41) is 0. The molecule has 2 nitrogen and oxygen atoms in total. The summed E-state index contributed by atoms with van der Waals surface area (Å²) in [7, 11) is 0. The van der Waals surface area contributed by atoms with Crippen molar-refractivity contribution in [2.24, 2.45) is 11.8 Å². The van der Waals surface area contributed by atoms with Gasteiger partial charge in [0, 0.05) is 6.54 Å². The van der Waals surface area contributed by atoms with Crippen LogP contribution in [0, 0.1) is 11.8 Å². The van der Waals surface area contributed by atoms with Gasteiger partial charge < -0.3 is 9.64 Å². The van der Waals surface area contributed by atoms with Gasteiger partial charge in [-0.3, -0.25) is 0 Å². The first kappa shape index (κ1) is 15.0. The molecule has 0 N–H and O–H groups in total. The molecule has 0 aromatic rings. The van der Waals surface area contributed by atoms with E-state index in [9.17, 15) is 0 Å². The highest BCUT2D eigenvalue weighted by Gasteiger charge is 2.37. The molecule has 17 heavy (non-hydrogen) atoms. The van der Waals surface area contributed by atoms with Gasteiger partial charge in [-0.1, -0.05) is 34.6 Å². The molecule has 0 amide bonds. The van der Waals surface area contributed by atoms with Crippen molar-refractivity contribution in [1.29, 1.82) is 0 Å². The fraction of sp³-hybridized carbons (Fsp3) is 1.00. The summed E-state index contributed by atoms with van der Waals surface area (Å²) in [6.07, 6.45) is 4.87. The molecule has 2 unspecified atom stereocenters. The van der Waals surface area contributed by atoms with Crippen molar-refractivity contribution in [3.05, 3.63) is 0 Å². The zero-order chi connectivity index (χ0) is 12.8. The van der Waals surface area contributed by atoms with Crippen LogP contribution in [-0.4, -0.2) is 36.7 Å². The van der Waals surface area contributed by atoms with Crippen molar-refractivity contribution in [2.45, 2.75) is 66.1 Å². The normalized spacial score (nSPS) is 24.0. The van der Waals surface area contributed by atoms with Crippen molar-refractivity contribution in [1.82, 2.24) is 4.90 Å². The quantitative estimate of drug-likeness (QED) is 0.574. The molecule has 1 fully saturated rings. The van der Waals surface area contributed by atoms with Crippen LogP contribution >= 0.6 is 0 Å². The van der Waals surface area contributed by atoms with Crippen LogP contribution in [0.15, 0.2) is 0 Å². The van der Waals surface area contributed by atoms with Crippen LogP contribution in [0.25, 0.3) is 0 Å². The summed E-state index contributed by atoms with van der Waals surface area (Å²) in [5.74, 6) is 1.61. The van der Waals surface area contributed by atoms with Gasteiger partial charge in [0.2, 0.25) is 0 Å². The third kappa shape index (κ3) is 6.42. The van der Waals surface area contributed by atoms with E-state index in [4.69, 9.17) is 4.74 Å². The minimum atomic E-state index is 0.527. The average molecular weight is 241 g/mol. The summed E-state index contributed by atoms with van der Waals surface area (Å²) >= 11 is 0. The summed E-state index contributed by atoms with van der Waals surface area (Å²) in [5.41, 5.74) is 0. The SMILES string of the molecule is CCC1OC1CN(CCC(C)C)CCC(C)C. The first-order valence-corrected chi connectivity index (χ1v) is 7.40. The van der Waals surface area contributed by atoms with Gasteiger partial charge in [-0.15, -0.1) is 0 Å². The van der Waals surface area contributed by atoms with E-state index >= 15 is 0 Å². The Bertz CT molecular complexity index is 191. The minimum absolute atomic E-state index is 0.527. The number of nitrogens with zero attached hydrogens (tertiary/aromatic N) is 1. The molecule has 102 valence electrons. The minimum Gasteiger partial charge on any atom is -0.368 e. The molecule has 0 bridgehead atoms. The smallest absolute Gasteiger partial charge is 0.0968 e. The highest BCUT2D eigenvalue weighted by Crippen LogP contribution is 2.26. The Labute approximate surface area is 108 Å². The lowest BCUT2D eigenvalue weighted by Crippen LogP contribution is -2.32. The van der Waals surface area contributed by atoms with Gasteiger partial charge in [0.25, 0.3) is 0 Å². The molecule has 0 aliphatic carbocycles. The maximum absolute atomic E-state index is 5.67. The van der Waals surface area contributed by atoms with E-state index in [2.05, 4.69) is 39.5 Å². The van der Waals surface area contributed by atoms with Crippen molar-refractivity contribution in [3.8, 4) is 0 Å². The first-order valence-electron chi connectivity index (χ1n) is 7.40. The van der Waals surface area contributed by atoms with E-state index in [1.54, 1.807) is 0 Å². The summed E-state index contributed by atoms with van der Waals surface area (Å²) in [4.78, 5) is 2.61. The van der Waals surface area contributed by atoms with Gasteiger partial charge in [0.05, 0.1) is 12.2 Å². The van der Waals surface area contributed by atoms with E-state index in [0.29, 0.717) is 12.2 Å². The van der Waals surface area contributed by atoms with Gasteiger partial charge in [-0.2, -0.15) is 0 Å². The Morgan fingerprint density at radius 3 is 1.82 bits per heavy atom. The standard InChI is InChI=1S/C15H31NO/c1-6-14-15(17-14)11-16(9-7-12(2)3)10-8-13(4)5/h12-15H,6-11H2,1-5H3. The zero-order valence-electron chi connectivity index (χ0n) is 12.4. The molecule has 1 saturated heterocycles. The van der Waals surface area contributed by atoms with Crippen molar-refractivity contribution in [2.75, 3.05) is 19.6 Å². The summed E-state index contributed by atoms with van der Waals surface area (Å²) in [6, 6.07) is 0. The fourth-order valence-corrected chi connectivity index (χ4v) is 2.13. The molecular formula is C15H31NO. The molecule has 1 aliphatic rings. The molecule has 1 rings (SSSR count). The molecule has 1 aliphatic heterocycles. The van der Waals surface area contributed by atoms with E-state index in [-0.39, 0.29) is 0 Å². The predicted molar refractivity (Wildman–Crippen MR) is 74.3 cm³/mol. The molecule has 0 radical (unpaired) electrons. The number of hydrogen-bond donors (Lipinski definition) is 0. The zero-order valence-corrected chi connectivity index (χ0v) is 12.4. The van der Waals surface area contributed by atoms with Gasteiger partial charge in [-0.05, 0) is 44.2 Å². The Hall–Kier alpha value is -0.0800. The maximum atomic E-state index is 5.67. The van der Waals surface area contributed by atoms with Crippen LogP contribution in [0.1, 0.15) is 53.9 Å². The van der Waals surface area contributed by atoms with Gasteiger partial charge in [0.15, 0.2) is 0 Å². The van der Waals surface area contributed by atoms with E-state index in [1.165, 1.54) is 32.4 Å². The van der Waals surface area contributed by atoms with Crippen LogP contribution in [0.4, 0.5) is 0 Å². The first-order chi connectivity index (χ1) is 8.02. The molecule has 1 heterocycles. The van der Waals surface area contributed by atoms with Crippen molar-refractivity contribution < 1.29 is 4.74 Å². The highest BCUT2D eigenvalue weighted by atomic mass is 16.6. The topological polar surface area (TPSA) is 15.8 Å². The molecule has 0 spiro atoms. The van der Waals surface area contributed by atoms with E-state index in [0.717, 1.165) is 18.4 Å². The molecule has 0 saturated carbocycles. The van der Waals surface area contributed by atoms with E-state index in [1.807, 2.05) is 0 Å². The van der Waals surface area contributed by atoms with Crippen molar-refractivity contribution in [3.63, 3.8) is 0 Å². The summed E-state index contributed by atoms with van der Waals surface area (Å²) < 4.78 is 5.67. The van der Waals surface area contributed by atoms with Gasteiger partial charge >= 0.3 is 0 Å². The third-order valence-corrected chi connectivity index (χ3v) is 3.57. The monoisotopic (exact) mass is 241 g/mol. The average Bonchev–Trinajstić information content (AvgIpc) is 3.00. The Kier molecular flexibility index (Phi) is 6.50. The number of epoxide rings is 1. The van der Waals surface area contributed by atoms with Crippen molar-refractivity contribution >= 4 is 0 Å². The largest absolute Gasteiger partial charge is 0.368 e. The van der Waals surface area contributed by atoms with Gasteiger partial charge in [-0.25, -0.2) is 0 Å². The predicted octanol–water partition coefficient (Wildman–Crippen LogP) is 3.56. The second kappa shape index (κ2) is 7.38. The fourth-order valence-electron chi connectivity index (χ4n) is 2.13. The highest BCUT2D eigenvalue weighted by molar-refractivity contribution is 4.86. The molecule has 0 aromatic carbocycles. The van der Waals surface area contributed by atoms with Crippen LogP contribution < -0.4 is 0 Å². The van der Waals surface area contributed by atoms with Crippen LogP contribution in [0.3, 0.4) is 0 Å². The number of hydrogen-bond acceptors (Lipinski definition) is 2. The lowest BCUT2D eigenvalue weighted by Gasteiger charge is -2.23. The Morgan fingerprint density at radius 1 is 0.941 bits per heavy atom. The molecule has 0 aromatic heterocycles. The molecule has 2 heteroatoms. The van der Waals surface area contributed by atoms with E-state index < -0.39 is 0 Å². The lowest BCUT2D eigenvalue weighted by molar-refractivity contribution is 0.219. The Balaban J connectivity index is 2.25. The van der Waals surface area contributed by atoms with Gasteiger partial charge in [0.1, 0.15) is 0 Å². The van der Waals surface area contributed by atoms with Crippen LogP contribution in [0.5, 0.6) is 0 Å². The number of rotatable bonds is 9. The third-order valence-electron chi connectivity index (χ3n) is 3.57. The lowest BCUT2D eigenvalue weighted by atomic mass is 10.1. The maximum Gasteiger partial charge on any atom is 0.0968 e. The Morgan fingerprint density at radius 2 is 1.47 bits per heavy atom. The second-order valence-electron chi connectivity index (χ2n) is 6.29. The van der Waals surface area contributed by atoms with Crippen LogP contribution in [0.2, 0.25) is 0 Å². The molecule has 2 atom stereocenters. The number of ether oxygens (including phenoxy) is 1. The second-order valence-corrected chi connectivity index (χ2v) is 6.29. The molecular weight excluding hydrogens is 210 g/mol. The van der Waals surface area contributed by atoms with Crippen LogP contribution in [-0.2, 0) is 4.74 Å².